The number of rotatable bonds is 4. The molecule has 2 aliphatic rings. The molecule has 2 aliphatic heterocycles. The van der Waals surface area contributed by atoms with Gasteiger partial charge in [-0.15, -0.1) is 0 Å². The average Bonchev–Trinajstić information content (AvgIpc) is 3.05. The van der Waals surface area contributed by atoms with E-state index < -0.39 is 23.8 Å². The summed E-state index contributed by atoms with van der Waals surface area (Å²) in [6.07, 6.45) is 0.355. The summed E-state index contributed by atoms with van der Waals surface area (Å²) in [5.41, 5.74) is 3.08. The molecule has 0 unspecified atom stereocenters. The van der Waals surface area contributed by atoms with Crippen LogP contribution in [0.15, 0.2) is 83.9 Å². The largest absolute Gasteiger partial charge is 0.477 e. The molecule has 2 amide bonds. The number of carbonyl (C=O) groups excluding carboxylic acids is 2. The zero-order valence-electron chi connectivity index (χ0n) is 20.4. The summed E-state index contributed by atoms with van der Waals surface area (Å²) in [4.78, 5) is 31.8. The summed E-state index contributed by atoms with van der Waals surface area (Å²) >= 11 is 0. The van der Waals surface area contributed by atoms with Crippen molar-refractivity contribution in [1.82, 2.24) is 15.1 Å². The van der Waals surface area contributed by atoms with Gasteiger partial charge < -0.3 is 15.4 Å². The van der Waals surface area contributed by atoms with Crippen molar-refractivity contribution in [3.05, 3.63) is 101 Å². The van der Waals surface area contributed by atoms with Gasteiger partial charge >= 0.3 is 0 Å². The topological polar surface area (TPSA) is 97.6 Å². The fourth-order valence-corrected chi connectivity index (χ4v) is 4.70. The summed E-state index contributed by atoms with van der Waals surface area (Å²) in [5.74, 6) is -1.39. The quantitative estimate of drug-likeness (QED) is 0.426. The lowest BCUT2D eigenvalue weighted by molar-refractivity contribution is -0.117. The molecule has 3 heterocycles. The number of para-hydroxylation sites is 1. The Kier molecular flexibility index (Phi) is 6.17. The van der Waals surface area contributed by atoms with Gasteiger partial charge in [0, 0.05) is 23.2 Å². The molecule has 0 spiro atoms. The molecule has 1 atom stereocenters. The Hall–Kier alpha value is -4.79. The van der Waals surface area contributed by atoms with Crippen molar-refractivity contribution in [2.45, 2.75) is 25.6 Å². The minimum absolute atomic E-state index is 0.0722. The van der Waals surface area contributed by atoms with Crippen molar-refractivity contribution in [2.75, 3.05) is 11.9 Å². The molecule has 0 saturated carbocycles. The van der Waals surface area contributed by atoms with Crippen LogP contribution < -0.4 is 15.4 Å². The van der Waals surface area contributed by atoms with E-state index in [2.05, 4.69) is 15.7 Å². The number of fused-ring (bicyclic) bond motifs is 2. The van der Waals surface area contributed by atoms with Crippen LogP contribution in [0.1, 0.15) is 34.3 Å². The first-order chi connectivity index (χ1) is 18.6. The minimum atomic E-state index is -1.25. The summed E-state index contributed by atoms with van der Waals surface area (Å²) in [7, 11) is 0. The van der Waals surface area contributed by atoms with E-state index in [-0.39, 0.29) is 22.7 Å². The molecule has 8 nitrogen and oxygen atoms in total. The first kappa shape index (κ1) is 23.6. The minimum Gasteiger partial charge on any atom is -0.477 e. The lowest BCUT2D eigenvalue weighted by atomic mass is 10.0. The van der Waals surface area contributed by atoms with Gasteiger partial charge in [-0.1, -0.05) is 60.7 Å². The number of aliphatic imine (C=N–C) groups is 1. The number of halogens is 1. The van der Waals surface area contributed by atoms with Crippen LogP contribution in [-0.2, 0) is 11.3 Å². The van der Waals surface area contributed by atoms with E-state index >= 15 is 0 Å². The van der Waals surface area contributed by atoms with Gasteiger partial charge in [-0.3, -0.25) is 9.59 Å². The lowest BCUT2D eigenvalue weighted by Gasteiger charge is -2.14. The summed E-state index contributed by atoms with van der Waals surface area (Å²) in [6, 6.07) is 22.9. The Balaban J connectivity index is 1.43. The van der Waals surface area contributed by atoms with Crippen molar-refractivity contribution in [1.29, 1.82) is 0 Å². The van der Waals surface area contributed by atoms with E-state index in [1.54, 1.807) is 28.9 Å². The highest BCUT2D eigenvalue weighted by Gasteiger charge is 2.33. The molecule has 6 rings (SSSR count). The Labute approximate surface area is 218 Å². The second kappa shape index (κ2) is 9.93. The first-order valence-electron chi connectivity index (χ1n) is 12.4. The number of aryl methyl sites for hydroxylation is 1. The van der Waals surface area contributed by atoms with Crippen LogP contribution in [0, 0.1) is 5.82 Å². The molecule has 190 valence electrons. The van der Waals surface area contributed by atoms with E-state index in [1.807, 2.05) is 48.5 Å². The lowest BCUT2D eigenvalue weighted by Crippen LogP contribution is -2.42. The molecule has 1 aromatic heterocycles. The molecule has 9 heteroatoms. The van der Waals surface area contributed by atoms with Crippen molar-refractivity contribution in [2.24, 2.45) is 4.99 Å². The molecule has 0 bridgehead atoms. The van der Waals surface area contributed by atoms with Crippen molar-refractivity contribution in [3.63, 3.8) is 0 Å². The molecule has 0 aliphatic carbocycles. The smallest absolute Gasteiger partial charge is 0.269 e. The van der Waals surface area contributed by atoms with Gasteiger partial charge in [0.1, 0.15) is 17.1 Å². The van der Waals surface area contributed by atoms with E-state index in [0.29, 0.717) is 24.6 Å². The maximum Gasteiger partial charge on any atom is 0.269 e. The van der Waals surface area contributed by atoms with Gasteiger partial charge in [-0.25, -0.2) is 14.1 Å². The van der Waals surface area contributed by atoms with Crippen LogP contribution in [0.3, 0.4) is 0 Å². The standard InChI is InChI=1S/C29H24FN5O3/c30-21-14-6-4-12-19(21)25-23(29-35(34-25)16-8-9-17-38-29)27(36)33-26-28(37)31-22-15-7-5-13-20(22)24(32-26)18-10-2-1-3-11-18/h1-7,10-15,26H,8-9,16-17H2,(H,31,37)(H,33,36)/t26-/m1/s1. The van der Waals surface area contributed by atoms with Gasteiger partial charge in [0.2, 0.25) is 12.0 Å². The number of aromatic nitrogens is 2. The average molecular weight is 510 g/mol. The number of ether oxygens (including phenoxy) is 1. The number of carbonyl (C=O) groups is 2. The van der Waals surface area contributed by atoms with Crippen molar-refractivity contribution in [3.8, 4) is 17.1 Å². The SMILES string of the molecule is O=C(N[C@H]1N=C(c2ccccc2)c2ccccc2NC1=O)c1c(-c2ccccc2F)nn2c1OCCCC2. The van der Waals surface area contributed by atoms with Crippen LogP contribution >= 0.6 is 0 Å². The molecule has 0 fully saturated rings. The normalized spacial score (nSPS) is 16.6. The number of hydrogen-bond acceptors (Lipinski definition) is 5. The predicted molar refractivity (Wildman–Crippen MR) is 141 cm³/mol. The van der Waals surface area contributed by atoms with Crippen LogP contribution in [-0.4, -0.2) is 40.1 Å². The summed E-state index contributed by atoms with van der Waals surface area (Å²) < 4.78 is 22.3. The zero-order valence-corrected chi connectivity index (χ0v) is 20.4. The van der Waals surface area contributed by atoms with Crippen LogP contribution in [0.2, 0.25) is 0 Å². The Morgan fingerprint density at radius 1 is 0.974 bits per heavy atom. The number of hydrogen-bond donors (Lipinski definition) is 2. The number of amides is 2. The zero-order chi connectivity index (χ0) is 26.1. The molecular formula is C29H24FN5O3. The Morgan fingerprint density at radius 3 is 2.53 bits per heavy atom. The molecule has 3 aromatic carbocycles. The molecular weight excluding hydrogens is 485 g/mol. The van der Waals surface area contributed by atoms with Crippen molar-refractivity contribution >= 4 is 23.2 Å². The van der Waals surface area contributed by atoms with Crippen molar-refractivity contribution < 1.29 is 18.7 Å². The summed E-state index contributed by atoms with van der Waals surface area (Å²) in [5, 5.41) is 10.2. The second-order valence-electron chi connectivity index (χ2n) is 9.04. The second-order valence-corrected chi connectivity index (χ2v) is 9.04. The van der Waals surface area contributed by atoms with E-state index in [9.17, 15) is 14.0 Å². The third-order valence-corrected chi connectivity index (χ3v) is 6.53. The third-order valence-electron chi connectivity index (χ3n) is 6.53. The highest BCUT2D eigenvalue weighted by Crippen LogP contribution is 2.34. The monoisotopic (exact) mass is 509 g/mol. The van der Waals surface area contributed by atoms with Crippen LogP contribution in [0.25, 0.3) is 11.3 Å². The first-order valence-corrected chi connectivity index (χ1v) is 12.4. The number of benzodiazepines with no additional fused rings is 1. The van der Waals surface area contributed by atoms with E-state index in [1.165, 1.54) is 6.07 Å². The molecule has 38 heavy (non-hydrogen) atoms. The summed E-state index contributed by atoms with van der Waals surface area (Å²) in [6.45, 7) is 0.928. The fourth-order valence-electron chi connectivity index (χ4n) is 4.70. The molecule has 2 N–H and O–H groups in total. The molecule has 0 radical (unpaired) electrons. The van der Waals surface area contributed by atoms with Gasteiger partial charge in [-0.05, 0) is 31.0 Å². The third kappa shape index (κ3) is 4.32. The Bertz CT molecular complexity index is 1560. The Morgan fingerprint density at radius 2 is 1.71 bits per heavy atom. The maximum atomic E-state index is 14.8. The maximum absolute atomic E-state index is 14.8. The number of nitrogens with zero attached hydrogens (tertiary/aromatic N) is 3. The highest BCUT2D eigenvalue weighted by molar-refractivity contribution is 6.20. The molecule has 4 aromatic rings. The number of benzene rings is 3. The van der Waals surface area contributed by atoms with Crippen LogP contribution in [0.4, 0.5) is 10.1 Å². The van der Waals surface area contributed by atoms with Gasteiger partial charge in [0.25, 0.3) is 11.8 Å². The predicted octanol–water partition coefficient (Wildman–Crippen LogP) is 4.41. The van der Waals surface area contributed by atoms with Gasteiger partial charge in [0.15, 0.2) is 0 Å². The van der Waals surface area contributed by atoms with Gasteiger partial charge in [-0.2, -0.15) is 5.10 Å². The molecule has 0 saturated heterocycles. The van der Waals surface area contributed by atoms with Crippen LogP contribution in [0.5, 0.6) is 5.88 Å². The highest BCUT2D eigenvalue weighted by atomic mass is 19.1. The van der Waals surface area contributed by atoms with E-state index in [4.69, 9.17) is 9.73 Å². The number of anilines is 1. The number of nitrogens with one attached hydrogen (secondary N) is 2. The fraction of sp³-hybridized carbons (Fsp3) is 0.172. The van der Waals surface area contributed by atoms with Gasteiger partial charge in [0.05, 0.1) is 18.0 Å². The van der Waals surface area contributed by atoms with E-state index in [0.717, 1.165) is 24.0 Å².